The molecule has 1 N–H and O–H groups in total. The highest BCUT2D eigenvalue weighted by atomic mass is 16.1. The van der Waals surface area contributed by atoms with Crippen LogP contribution in [0.15, 0.2) is 30.3 Å². The van der Waals surface area contributed by atoms with Crippen LogP contribution in [-0.4, -0.2) is 36.5 Å². The van der Waals surface area contributed by atoms with Crippen molar-refractivity contribution >= 4 is 5.91 Å². The largest absolute Gasteiger partial charge is 0.348 e. The first-order valence-electron chi connectivity index (χ1n) is 12.4. The zero-order valence-electron chi connectivity index (χ0n) is 19.4. The Labute approximate surface area is 183 Å². The standard InChI is InChI=1S/C27H40N2O/c1-18-17-22-20-11-12-23-26(2,14-8-16-29(23)4)21(20)13-15-27(22,3)24(18)28-25(30)19-9-6-5-7-10-19/h5-7,9-10,18,20-24H,8,11-17H2,1-4H3,(H,28,30)/t18-,20+,21-,22-,23+,24-,26+,27-/m0/s1. The summed E-state index contributed by atoms with van der Waals surface area (Å²) in [5.41, 5.74) is 1.53. The summed E-state index contributed by atoms with van der Waals surface area (Å²) in [6.07, 6.45) is 9.45. The van der Waals surface area contributed by atoms with Gasteiger partial charge < -0.3 is 10.2 Å². The van der Waals surface area contributed by atoms with Crippen LogP contribution in [0.2, 0.25) is 0 Å². The van der Waals surface area contributed by atoms with Crippen molar-refractivity contribution in [2.45, 2.75) is 77.8 Å². The third-order valence-electron chi connectivity index (χ3n) is 10.2. The SMILES string of the molecule is C[C@H]1C[C@H]2[C@@H]3CC[C@H]4N(C)CCC[C@]4(C)[C@H]3CC[C@]2(C)[C@H]1NC(=O)c1ccccc1. The number of likely N-dealkylation sites (tertiary alicyclic amines) is 1. The van der Waals surface area contributed by atoms with E-state index < -0.39 is 0 Å². The maximum absolute atomic E-state index is 13.0. The average Bonchev–Trinajstić information content (AvgIpc) is 2.99. The summed E-state index contributed by atoms with van der Waals surface area (Å²) in [5, 5.41) is 3.51. The minimum atomic E-state index is 0.112. The average molecular weight is 409 g/mol. The first-order chi connectivity index (χ1) is 14.3. The number of hydrogen-bond acceptors (Lipinski definition) is 2. The van der Waals surface area contributed by atoms with Crippen LogP contribution in [0, 0.1) is 34.5 Å². The molecule has 4 fully saturated rings. The molecular formula is C27H40N2O. The first-order valence-corrected chi connectivity index (χ1v) is 12.4. The minimum absolute atomic E-state index is 0.112. The van der Waals surface area contributed by atoms with Gasteiger partial charge in [0.25, 0.3) is 5.91 Å². The Morgan fingerprint density at radius 3 is 2.57 bits per heavy atom. The van der Waals surface area contributed by atoms with Gasteiger partial charge in [-0.2, -0.15) is 0 Å². The van der Waals surface area contributed by atoms with Gasteiger partial charge in [0.2, 0.25) is 0 Å². The van der Waals surface area contributed by atoms with E-state index in [1.54, 1.807) is 0 Å². The zero-order valence-corrected chi connectivity index (χ0v) is 19.4. The molecule has 3 saturated carbocycles. The molecule has 1 saturated heterocycles. The number of carbonyl (C=O) groups is 1. The molecule has 0 radical (unpaired) electrons. The normalized spacial score (nSPS) is 45.9. The zero-order chi connectivity index (χ0) is 21.1. The van der Waals surface area contributed by atoms with Gasteiger partial charge >= 0.3 is 0 Å². The van der Waals surface area contributed by atoms with E-state index >= 15 is 0 Å². The molecule has 0 bridgehead atoms. The fourth-order valence-corrected chi connectivity index (χ4v) is 8.86. The van der Waals surface area contributed by atoms with Crippen molar-refractivity contribution in [3.63, 3.8) is 0 Å². The summed E-state index contributed by atoms with van der Waals surface area (Å²) in [6.45, 7) is 8.80. The Kier molecular flexibility index (Phi) is 5.04. The molecule has 3 nitrogen and oxygen atoms in total. The number of amides is 1. The molecule has 1 aromatic rings. The Hall–Kier alpha value is -1.35. The van der Waals surface area contributed by atoms with E-state index in [1.807, 2.05) is 30.3 Å². The van der Waals surface area contributed by atoms with Crippen LogP contribution in [-0.2, 0) is 0 Å². The lowest BCUT2D eigenvalue weighted by molar-refractivity contribution is -0.119. The highest BCUT2D eigenvalue weighted by Crippen LogP contribution is 2.65. The second-order valence-electron chi connectivity index (χ2n) is 11.6. The summed E-state index contributed by atoms with van der Waals surface area (Å²) in [7, 11) is 2.36. The van der Waals surface area contributed by atoms with Crippen molar-refractivity contribution in [2.75, 3.05) is 13.6 Å². The number of nitrogens with one attached hydrogen (secondary N) is 1. The summed E-state index contributed by atoms with van der Waals surface area (Å²) in [4.78, 5) is 15.7. The van der Waals surface area contributed by atoms with Gasteiger partial charge in [-0.05, 0) is 105 Å². The van der Waals surface area contributed by atoms with E-state index in [0.717, 1.165) is 29.4 Å². The van der Waals surface area contributed by atoms with E-state index in [9.17, 15) is 4.79 Å². The number of rotatable bonds is 2. The number of carbonyl (C=O) groups excluding carboxylic acids is 1. The summed E-state index contributed by atoms with van der Waals surface area (Å²) >= 11 is 0. The fraction of sp³-hybridized carbons (Fsp3) is 0.741. The van der Waals surface area contributed by atoms with Crippen molar-refractivity contribution < 1.29 is 4.79 Å². The van der Waals surface area contributed by atoms with Gasteiger partial charge in [0, 0.05) is 17.6 Å². The molecular weight excluding hydrogens is 368 g/mol. The number of hydrogen-bond donors (Lipinski definition) is 1. The van der Waals surface area contributed by atoms with E-state index in [1.165, 1.54) is 51.5 Å². The molecule has 5 rings (SSSR count). The lowest BCUT2D eigenvalue weighted by Crippen LogP contribution is -2.61. The Morgan fingerprint density at radius 1 is 1.03 bits per heavy atom. The molecule has 0 aromatic heterocycles. The van der Waals surface area contributed by atoms with Crippen LogP contribution in [0.4, 0.5) is 0 Å². The van der Waals surface area contributed by atoms with Gasteiger partial charge in [0.15, 0.2) is 0 Å². The van der Waals surface area contributed by atoms with Crippen LogP contribution < -0.4 is 5.32 Å². The quantitative estimate of drug-likeness (QED) is 0.714. The number of nitrogens with zero attached hydrogens (tertiary/aromatic N) is 1. The van der Waals surface area contributed by atoms with Crippen molar-refractivity contribution in [3.8, 4) is 0 Å². The second-order valence-corrected chi connectivity index (χ2v) is 11.6. The third-order valence-corrected chi connectivity index (χ3v) is 10.2. The fourth-order valence-electron chi connectivity index (χ4n) is 8.86. The third kappa shape index (κ3) is 2.98. The van der Waals surface area contributed by atoms with Crippen molar-refractivity contribution in [1.82, 2.24) is 10.2 Å². The Bertz CT molecular complexity index is 793. The second kappa shape index (κ2) is 7.36. The molecule has 3 heteroatoms. The van der Waals surface area contributed by atoms with Gasteiger partial charge in [-0.3, -0.25) is 4.79 Å². The summed E-state index contributed by atoms with van der Waals surface area (Å²) < 4.78 is 0. The van der Waals surface area contributed by atoms with E-state index in [2.05, 4.69) is 38.0 Å². The maximum atomic E-state index is 13.0. The maximum Gasteiger partial charge on any atom is 0.251 e. The molecule has 1 aromatic carbocycles. The van der Waals surface area contributed by atoms with E-state index in [4.69, 9.17) is 0 Å². The molecule has 1 aliphatic heterocycles. The van der Waals surface area contributed by atoms with Crippen LogP contribution >= 0.6 is 0 Å². The lowest BCUT2D eigenvalue weighted by atomic mass is 9.47. The molecule has 8 atom stereocenters. The molecule has 30 heavy (non-hydrogen) atoms. The van der Waals surface area contributed by atoms with E-state index in [0.29, 0.717) is 17.4 Å². The predicted molar refractivity (Wildman–Crippen MR) is 122 cm³/mol. The molecule has 4 aliphatic rings. The van der Waals surface area contributed by atoms with Gasteiger partial charge in [0.05, 0.1) is 0 Å². The van der Waals surface area contributed by atoms with Crippen molar-refractivity contribution in [2.24, 2.45) is 34.5 Å². The molecule has 0 spiro atoms. The Morgan fingerprint density at radius 2 is 1.80 bits per heavy atom. The van der Waals surface area contributed by atoms with Crippen LogP contribution in [0.1, 0.15) is 76.1 Å². The van der Waals surface area contributed by atoms with Crippen molar-refractivity contribution in [1.29, 1.82) is 0 Å². The Balaban J connectivity index is 1.39. The molecule has 1 amide bonds. The van der Waals surface area contributed by atoms with Gasteiger partial charge in [-0.25, -0.2) is 0 Å². The predicted octanol–water partition coefficient (Wildman–Crippen LogP) is 5.37. The first kappa shape index (κ1) is 20.5. The molecule has 164 valence electrons. The highest BCUT2D eigenvalue weighted by molar-refractivity contribution is 5.94. The van der Waals surface area contributed by atoms with Gasteiger partial charge in [-0.15, -0.1) is 0 Å². The minimum Gasteiger partial charge on any atom is -0.348 e. The molecule has 0 unspecified atom stereocenters. The van der Waals surface area contributed by atoms with Crippen LogP contribution in [0.3, 0.4) is 0 Å². The lowest BCUT2D eigenvalue weighted by Gasteiger charge is -2.62. The topological polar surface area (TPSA) is 32.3 Å². The summed E-state index contributed by atoms with van der Waals surface area (Å²) in [6, 6.07) is 10.9. The number of fused-ring (bicyclic) bond motifs is 5. The molecule has 3 aliphatic carbocycles. The number of benzene rings is 1. The highest BCUT2D eigenvalue weighted by Gasteiger charge is 2.62. The van der Waals surface area contributed by atoms with Crippen LogP contribution in [0.25, 0.3) is 0 Å². The van der Waals surface area contributed by atoms with Crippen molar-refractivity contribution in [3.05, 3.63) is 35.9 Å². The van der Waals surface area contributed by atoms with Gasteiger partial charge in [0.1, 0.15) is 0 Å². The number of piperidine rings is 1. The molecule has 1 heterocycles. The van der Waals surface area contributed by atoms with Crippen LogP contribution in [0.5, 0.6) is 0 Å². The smallest absolute Gasteiger partial charge is 0.251 e. The van der Waals surface area contributed by atoms with Gasteiger partial charge in [-0.1, -0.05) is 39.0 Å². The van der Waals surface area contributed by atoms with E-state index in [-0.39, 0.29) is 11.3 Å². The summed E-state index contributed by atoms with van der Waals surface area (Å²) in [5.74, 6) is 3.15. The monoisotopic (exact) mass is 408 g/mol.